The number of piperidine rings is 1. The van der Waals surface area contributed by atoms with E-state index in [1.165, 1.54) is 12.0 Å². The van der Waals surface area contributed by atoms with Gasteiger partial charge in [-0.1, -0.05) is 12.1 Å². The van der Waals surface area contributed by atoms with Crippen LogP contribution in [-0.4, -0.2) is 25.3 Å². The number of hydrogen-bond donors (Lipinski definition) is 1. The third-order valence-corrected chi connectivity index (χ3v) is 5.01. The summed E-state index contributed by atoms with van der Waals surface area (Å²) >= 11 is 0. The molecule has 3 atom stereocenters. The van der Waals surface area contributed by atoms with E-state index >= 15 is 0 Å². The van der Waals surface area contributed by atoms with Crippen molar-refractivity contribution >= 4 is 0 Å². The monoisotopic (exact) mass is 277 g/mol. The lowest BCUT2D eigenvalue weighted by molar-refractivity contribution is -0.103. The van der Waals surface area contributed by atoms with E-state index in [0.717, 1.165) is 25.9 Å². The van der Waals surface area contributed by atoms with Crippen LogP contribution in [0.15, 0.2) is 24.3 Å². The minimum atomic E-state index is -0.153. The molecule has 0 bridgehead atoms. The summed E-state index contributed by atoms with van der Waals surface area (Å²) in [6.45, 7) is 6.44. The summed E-state index contributed by atoms with van der Waals surface area (Å²) in [6, 6.07) is 7.09. The van der Waals surface area contributed by atoms with E-state index < -0.39 is 0 Å². The van der Waals surface area contributed by atoms with Crippen LogP contribution in [0, 0.1) is 11.2 Å². The van der Waals surface area contributed by atoms with Crippen molar-refractivity contribution in [2.24, 2.45) is 5.41 Å². The Kier molecular flexibility index (Phi) is 3.83. The molecule has 0 aliphatic carbocycles. The number of halogens is 1. The van der Waals surface area contributed by atoms with E-state index in [1.54, 1.807) is 12.1 Å². The second-order valence-electron chi connectivity index (χ2n) is 6.59. The maximum Gasteiger partial charge on any atom is 0.123 e. The smallest absolute Gasteiger partial charge is 0.123 e. The molecule has 3 unspecified atom stereocenters. The minimum absolute atomic E-state index is 0.153. The third kappa shape index (κ3) is 2.61. The van der Waals surface area contributed by atoms with Crippen molar-refractivity contribution < 1.29 is 9.13 Å². The highest BCUT2D eigenvalue weighted by atomic mass is 19.1. The normalized spacial score (nSPS) is 38.0. The molecule has 2 saturated heterocycles. The summed E-state index contributed by atoms with van der Waals surface area (Å²) in [5.41, 5.74) is 1.57. The molecule has 1 aromatic rings. The Hall–Kier alpha value is -0.930. The molecule has 0 radical (unpaired) electrons. The predicted molar refractivity (Wildman–Crippen MR) is 78.3 cm³/mol. The Morgan fingerprint density at radius 1 is 1.15 bits per heavy atom. The van der Waals surface area contributed by atoms with E-state index in [0.29, 0.717) is 23.5 Å². The molecule has 2 aliphatic heterocycles. The van der Waals surface area contributed by atoms with Crippen LogP contribution in [0.2, 0.25) is 0 Å². The maximum atomic E-state index is 13.2. The lowest BCUT2D eigenvalue weighted by Crippen LogP contribution is -2.49. The molecule has 3 heteroatoms. The van der Waals surface area contributed by atoms with Gasteiger partial charge in [-0.3, -0.25) is 0 Å². The third-order valence-electron chi connectivity index (χ3n) is 5.01. The van der Waals surface area contributed by atoms with Gasteiger partial charge in [-0.25, -0.2) is 4.39 Å². The van der Waals surface area contributed by atoms with Crippen molar-refractivity contribution in [1.82, 2.24) is 5.32 Å². The predicted octanol–water partition coefficient (Wildman–Crippen LogP) is 3.48. The molecule has 0 saturated carbocycles. The first kappa shape index (κ1) is 14.0. The van der Waals surface area contributed by atoms with Crippen LogP contribution in [0.5, 0.6) is 0 Å². The van der Waals surface area contributed by atoms with Gasteiger partial charge in [-0.15, -0.1) is 0 Å². The zero-order valence-electron chi connectivity index (χ0n) is 12.4. The molecule has 2 fully saturated rings. The molecule has 110 valence electrons. The van der Waals surface area contributed by atoms with Gasteiger partial charge in [0.1, 0.15) is 5.82 Å². The number of ether oxygens (including phenoxy) is 1. The van der Waals surface area contributed by atoms with Crippen LogP contribution in [0.3, 0.4) is 0 Å². The first-order chi connectivity index (χ1) is 9.59. The second kappa shape index (κ2) is 5.45. The number of rotatable bonds is 1. The first-order valence-corrected chi connectivity index (χ1v) is 7.71. The van der Waals surface area contributed by atoms with Crippen LogP contribution in [-0.2, 0) is 4.74 Å². The first-order valence-electron chi connectivity index (χ1n) is 7.71. The topological polar surface area (TPSA) is 21.3 Å². The molecule has 0 aromatic heterocycles. The number of hydrogen-bond acceptors (Lipinski definition) is 2. The number of benzene rings is 1. The molecular weight excluding hydrogens is 253 g/mol. The highest BCUT2D eigenvalue weighted by Gasteiger charge is 2.46. The van der Waals surface area contributed by atoms with Gasteiger partial charge in [-0.2, -0.15) is 0 Å². The molecule has 2 aliphatic rings. The van der Waals surface area contributed by atoms with E-state index in [1.807, 2.05) is 12.1 Å². The van der Waals surface area contributed by atoms with E-state index in [2.05, 4.69) is 19.2 Å². The molecule has 1 aromatic carbocycles. The van der Waals surface area contributed by atoms with Crippen LogP contribution in [0.1, 0.15) is 44.6 Å². The quantitative estimate of drug-likeness (QED) is 0.848. The summed E-state index contributed by atoms with van der Waals surface area (Å²) in [7, 11) is 0. The standard InChI is InChI=1S/C17H24FNO/c1-12-9-17(10-13(2)20-12)7-8-19-11-16(17)14-3-5-15(18)6-4-14/h3-6,12-13,16,19H,7-11H2,1-2H3. The SMILES string of the molecule is CC1CC2(CCNCC2c2ccc(F)cc2)CC(C)O1. The van der Waals surface area contributed by atoms with Crippen molar-refractivity contribution in [2.45, 2.75) is 51.2 Å². The van der Waals surface area contributed by atoms with Gasteiger partial charge in [0.2, 0.25) is 0 Å². The maximum absolute atomic E-state index is 13.2. The Morgan fingerprint density at radius 3 is 2.45 bits per heavy atom. The van der Waals surface area contributed by atoms with E-state index in [9.17, 15) is 4.39 Å². The van der Waals surface area contributed by atoms with Gasteiger partial charge < -0.3 is 10.1 Å². The van der Waals surface area contributed by atoms with E-state index in [4.69, 9.17) is 4.74 Å². The number of nitrogens with one attached hydrogen (secondary N) is 1. The van der Waals surface area contributed by atoms with Crippen LogP contribution in [0.25, 0.3) is 0 Å². The second-order valence-corrected chi connectivity index (χ2v) is 6.59. The Labute approximate surface area is 120 Å². The molecule has 20 heavy (non-hydrogen) atoms. The summed E-state index contributed by atoms with van der Waals surface area (Å²) in [4.78, 5) is 0. The summed E-state index contributed by atoms with van der Waals surface area (Å²) in [5.74, 6) is 0.311. The van der Waals surface area contributed by atoms with Crippen molar-refractivity contribution in [2.75, 3.05) is 13.1 Å². The average molecular weight is 277 g/mol. The molecule has 0 amide bonds. The minimum Gasteiger partial charge on any atom is -0.376 e. The van der Waals surface area contributed by atoms with Gasteiger partial charge in [0.05, 0.1) is 12.2 Å². The summed E-state index contributed by atoms with van der Waals surface area (Å²) in [6.07, 6.45) is 4.05. The van der Waals surface area contributed by atoms with Crippen LogP contribution in [0.4, 0.5) is 4.39 Å². The molecule has 2 heterocycles. The fourth-order valence-electron chi connectivity index (χ4n) is 4.35. The zero-order chi connectivity index (χ0) is 14.2. The van der Waals surface area contributed by atoms with Gasteiger partial charge in [0, 0.05) is 12.5 Å². The Bertz CT molecular complexity index is 449. The van der Waals surface area contributed by atoms with Gasteiger partial charge >= 0.3 is 0 Å². The molecule has 2 nitrogen and oxygen atoms in total. The van der Waals surface area contributed by atoms with Crippen LogP contribution < -0.4 is 5.32 Å². The summed E-state index contributed by atoms with van der Waals surface area (Å²) < 4.78 is 19.1. The Morgan fingerprint density at radius 2 is 1.80 bits per heavy atom. The lowest BCUT2D eigenvalue weighted by atomic mass is 9.61. The van der Waals surface area contributed by atoms with Crippen LogP contribution >= 0.6 is 0 Å². The lowest BCUT2D eigenvalue weighted by Gasteiger charge is -2.50. The summed E-state index contributed by atoms with van der Waals surface area (Å²) in [5, 5.41) is 3.51. The van der Waals surface area contributed by atoms with Crippen molar-refractivity contribution in [1.29, 1.82) is 0 Å². The van der Waals surface area contributed by atoms with Gasteiger partial charge in [0.25, 0.3) is 0 Å². The Balaban J connectivity index is 1.92. The van der Waals surface area contributed by atoms with Crippen molar-refractivity contribution in [3.05, 3.63) is 35.6 Å². The highest BCUT2D eigenvalue weighted by Crippen LogP contribution is 2.50. The van der Waals surface area contributed by atoms with Crippen molar-refractivity contribution in [3.63, 3.8) is 0 Å². The van der Waals surface area contributed by atoms with Crippen molar-refractivity contribution in [3.8, 4) is 0 Å². The molecule has 3 rings (SSSR count). The fraction of sp³-hybridized carbons (Fsp3) is 0.647. The van der Waals surface area contributed by atoms with E-state index in [-0.39, 0.29) is 5.82 Å². The average Bonchev–Trinajstić information content (AvgIpc) is 2.39. The fourth-order valence-corrected chi connectivity index (χ4v) is 4.35. The van der Waals surface area contributed by atoms with Gasteiger partial charge in [0.15, 0.2) is 0 Å². The van der Waals surface area contributed by atoms with Gasteiger partial charge in [-0.05, 0) is 62.8 Å². The zero-order valence-corrected chi connectivity index (χ0v) is 12.4. The molecule has 1 spiro atoms. The molecular formula is C17H24FNO. The largest absolute Gasteiger partial charge is 0.376 e. The molecule has 1 N–H and O–H groups in total. The highest BCUT2D eigenvalue weighted by molar-refractivity contribution is 5.25.